The first kappa shape index (κ1) is 15.3. The Labute approximate surface area is 140 Å². The Morgan fingerprint density at radius 3 is 3.04 bits per heavy atom. The van der Waals surface area contributed by atoms with Crippen molar-refractivity contribution in [2.75, 3.05) is 38.1 Å². The first-order valence-electron chi connectivity index (χ1n) is 8.29. The summed E-state index contributed by atoms with van der Waals surface area (Å²) in [7, 11) is 2.08. The Morgan fingerprint density at radius 2 is 2.25 bits per heavy atom. The fourth-order valence-electron chi connectivity index (χ4n) is 3.44. The molecule has 2 aliphatic rings. The number of benzene rings is 1. The number of hydrogen-bond donors (Lipinski definition) is 1. The van der Waals surface area contributed by atoms with Gasteiger partial charge in [0.2, 0.25) is 5.91 Å². The van der Waals surface area contributed by atoms with E-state index < -0.39 is 0 Å². The standard InChI is InChI=1S/C17H21N5O2/c1-11(23)22-7-5-12-9-13(3-4-14(12)22)17-19-16(20-24-17)15-10-18-6-8-21(15)2/h3-4,9,15,18H,5-8,10H2,1-2H3. The zero-order valence-electron chi connectivity index (χ0n) is 14.0. The summed E-state index contributed by atoms with van der Waals surface area (Å²) in [6.45, 7) is 5.11. The molecule has 1 N–H and O–H groups in total. The van der Waals surface area contributed by atoms with Gasteiger partial charge in [-0.3, -0.25) is 9.69 Å². The van der Waals surface area contributed by atoms with E-state index in [2.05, 4.69) is 33.5 Å². The lowest BCUT2D eigenvalue weighted by molar-refractivity contribution is -0.116. The van der Waals surface area contributed by atoms with Crippen LogP contribution in [0.2, 0.25) is 0 Å². The lowest BCUT2D eigenvalue weighted by atomic mass is 10.1. The summed E-state index contributed by atoms with van der Waals surface area (Å²) in [5.74, 6) is 1.33. The maximum atomic E-state index is 11.6. The summed E-state index contributed by atoms with van der Waals surface area (Å²) in [6, 6.07) is 6.11. The van der Waals surface area contributed by atoms with Crippen molar-refractivity contribution in [3.63, 3.8) is 0 Å². The van der Waals surface area contributed by atoms with Crippen LogP contribution in [0.5, 0.6) is 0 Å². The maximum absolute atomic E-state index is 11.6. The smallest absolute Gasteiger partial charge is 0.257 e. The highest BCUT2D eigenvalue weighted by Crippen LogP contribution is 2.32. The van der Waals surface area contributed by atoms with Crippen molar-refractivity contribution in [1.29, 1.82) is 0 Å². The van der Waals surface area contributed by atoms with E-state index in [0.717, 1.165) is 49.4 Å². The highest BCUT2D eigenvalue weighted by atomic mass is 16.5. The summed E-state index contributed by atoms with van der Waals surface area (Å²) in [5.41, 5.74) is 3.05. The molecule has 1 unspecified atom stereocenters. The van der Waals surface area contributed by atoms with Gasteiger partial charge in [0.15, 0.2) is 5.82 Å². The molecule has 1 fully saturated rings. The van der Waals surface area contributed by atoms with E-state index in [-0.39, 0.29) is 11.9 Å². The number of rotatable bonds is 2. The van der Waals surface area contributed by atoms with Gasteiger partial charge in [-0.25, -0.2) is 0 Å². The number of amides is 1. The van der Waals surface area contributed by atoms with Crippen LogP contribution in [-0.2, 0) is 11.2 Å². The number of nitrogens with zero attached hydrogens (tertiary/aromatic N) is 4. The van der Waals surface area contributed by atoms with Gasteiger partial charge in [0, 0.05) is 44.4 Å². The van der Waals surface area contributed by atoms with E-state index in [4.69, 9.17) is 4.52 Å². The molecule has 7 heteroatoms. The number of anilines is 1. The zero-order valence-corrected chi connectivity index (χ0v) is 14.0. The predicted octanol–water partition coefficient (Wildman–Crippen LogP) is 1.22. The minimum atomic E-state index is 0.0782. The van der Waals surface area contributed by atoms with Gasteiger partial charge in [-0.05, 0) is 37.2 Å². The summed E-state index contributed by atoms with van der Waals surface area (Å²) in [6.07, 6.45) is 0.860. The molecular weight excluding hydrogens is 306 g/mol. The molecule has 126 valence electrons. The number of piperazine rings is 1. The monoisotopic (exact) mass is 327 g/mol. The van der Waals surface area contributed by atoms with Crippen LogP contribution in [0.1, 0.15) is 24.4 Å². The summed E-state index contributed by atoms with van der Waals surface area (Å²) >= 11 is 0. The van der Waals surface area contributed by atoms with E-state index in [0.29, 0.717) is 11.7 Å². The Morgan fingerprint density at radius 1 is 1.38 bits per heavy atom. The van der Waals surface area contributed by atoms with Gasteiger partial charge in [0.05, 0.1) is 6.04 Å². The zero-order chi connectivity index (χ0) is 16.7. The lowest BCUT2D eigenvalue weighted by Crippen LogP contribution is -2.44. The van der Waals surface area contributed by atoms with Gasteiger partial charge in [-0.2, -0.15) is 4.98 Å². The van der Waals surface area contributed by atoms with Gasteiger partial charge in [-0.15, -0.1) is 0 Å². The maximum Gasteiger partial charge on any atom is 0.257 e. The first-order chi connectivity index (χ1) is 11.6. The number of hydrogen-bond acceptors (Lipinski definition) is 6. The van der Waals surface area contributed by atoms with E-state index in [1.54, 1.807) is 11.8 Å². The van der Waals surface area contributed by atoms with Crippen molar-refractivity contribution in [3.05, 3.63) is 29.6 Å². The normalized spacial score (nSPS) is 21.1. The second kappa shape index (κ2) is 5.99. The molecule has 2 aromatic rings. The van der Waals surface area contributed by atoms with E-state index in [1.165, 1.54) is 0 Å². The molecular formula is C17H21N5O2. The van der Waals surface area contributed by atoms with Crippen molar-refractivity contribution in [2.24, 2.45) is 0 Å². The molecule has 0 spiro atoms. The topological polar surface area (TPSA) is 74.5 Å². The third kappa shape index (κ3) is 2.59. The van der Waals surface area contributed by atoms with Crippen molar-refractivity contribution in [2.45, 2.75) is 19.4 Å². The molecule has 1 saturated heterocycles. The molecule has 0 bridgehead atoms. The first-order valence-corrected chi connectivity index (χ1v) is 8.29. The Bertz CT molecular complexity index is 772. The molecule has 0 saturated carbocycles. The number of nitrogens with one attached hydrogen (secondary N) is 1. The second-order valence-electron chi connectivity index (χ2n) is 6.42. The molecule has 3 heterocycles. The van der Waals surface area contributed by atoms with Crippen LogP contribution < -0.4 is 10.2 Å². The van der Waals surface area contributed by atoms with E-state index >= 15 is 0 Å². The van der Waals surface area contributed by atoms with Crippen LogP contribution in [-0.4, -0.2) is 54.2 Å². The molecule has 1 amide bonds. The largest absolute Gasteiger partial charge is 0.334 e. The summed E-state index contributed by atoms with van der Waals surface area (Å²) in [4.78, 5) is 20.3. The van der Waals surface area contributed by atoms with Gasteiger partial charge >= 0.3 is 0 Å². The van der Waals surface area contributed by atoms with Crippen molar-refractivity contribution in [1.82, 2.24) is 20.4 Å². The fourth-order valence-corrected chi connectivity index (χ4v) is 3.44. The van der Waals surface area contributed by atoms with E-state index in [9.17, 15) is 4.79 Å². The van der Waals surface area contributed by atoms with Crippen LogP contribution in [0.3, 0.4) is 0 Å². The van der Waals surface area contributed by atoms with Crippen LogP contribution in [0.25, 0.3) is 11.5 Å². The Hall–Kier alpha value is -2.25. The Kier molecular flexibility index (Phi) is 3.82. The number of aromatic nitrogens is 2. The molecule has 24 heavy (non-hydrogen) atoms. The van der Waals surface area contributed by atoms with Crippen molar-refractivity contribution >= 4 is 11.6 Å². The van der Waals surface area contributed by atoms with Crippen LogP contribution in [0.15, 0.2) is 22.7 Å². The third-order valence-electron chi connectivity index (χ3n) is 4.85. The highest BCUT2D eigenvalue weighted by molar-refractivity contribution is 5.94. The molecule has 0 radical (unpaired) electrons. The molecule has 7 nitrogen and oxygen atoms in total. The molecule has 0 aliphatic carbocycles. The SMILES string of the molecule is CC(=O)N1CCc2cc(-c3nc(C4CNCCN4C)no3)ccc21. The number of likely N-dealkylation sites (N-methyl/N-ethyl adjacent to an activating group) is 1. The average molecular weight is 327 g/mol. The third-order valence-corrected chi connectivity index (χ3v) is 4.85. The van der Waals surface area contributed by atoms with Crippen molar-refractivity contribution < 1.29 is 9.32 Å². The van der Waals surface area contributed by atoms with Gasteiger partial charge in [0.1, 0.15) is 0 Å². The summed E-state index contributed by atoms with van der Waals surface area (Å²) in [5, 5.41) is 7.53. The van der Waals surface area contributed by atoms with Gasteiger partial charge in [0.25, 0.3) is 5.89 Å². The van der Waals surface area contributed by atoms with Crippen LogP contribution >= 0.6 is 0 Å². The number of carbonyl (C=O) groups excluding carboxylic acids is 1. The minimum absolute atomic E-state index is 0.0782. The fraction of sp³-hybridized carbons (Fsp3) is 0.471. The lowest BCUT2D eigenvalue weighted by Gasteiger charge is -2.30. The number of fused-ring (bicyclic) bond motifs is 1. The quantitative estimate of drug-likeness (QED) is 0.894. The second-order valence-corrected chi connectivity index (χ2v) is 6.42. The summed E-state index contributed by atoms with van der Waals surface area (Å²) < 4.78 is 5.49. The number of carbonyl (C=O) groups is 1. The van der Waals surface area contributed by atoms with E-state index in [1.807, 2.05) is 12.1 Å². The van der Waals surface area contributed by atoms with Crippen LogP contribution in [0.4, 0.5) is 5.69 Å². The van der Waals surface area contributed by atoms with Crippen LogP contribution in [0, 0.1) is 0 Å². The predicted molar refractivity (Wildman–Crippen MR) is 89.7 cm³/mol. The minimum Gasteiger partial charge on any atom is -0.334 e. The average Bonchev–Trinajstić information content (AvgIpc) is 3.21. The molecule has 4 rings (SSSR count). The van der Waals surface area contributed by atoms with Gasteiger partial charge < -0.3 is 14.7 Å². The highest BCUT2D eigenvalue weighted by Gasteiger charge is 2.27. The molecule has 2 aliphatic heterocycles. The molecule has 1 aromatic carbocycles. The molecule has 1 aromatic heterocycles. The molecule has 1 atom stereocenters. The van der Waals surface area contributed by atoms with Gasteiger partial charge in [-0.1, -0.05) is 5.16 Å². The van der Waals surface area contributed by atoms with Crippen molar-refractivity contribution in [3.8, 4) is 11.5 Å². The Balaban J connectivity index is 1.60.